The van der Waals surface area contributed by atoms with E-state index < -0.39 is 0 Å². The van der Waals surface area contributed by atoms with E-state index in [1.807, 2.05) is 44.2 Å². The van der Waals surface area contributed by atoms with Crippen LogP contribution >= 0.6 is 11.6 Å². The monoisotopic (exact) mass is 410 g/mol. The smallest absolute Gasteiger partial charge is 0.287 e. The molecule has 0 bridgehead atoms. The molecule has 5 heteroatoms. The highest BCUT2D eigenvalue weighted by Crippen LogP contribution is 2.28. The Hall–Kier alpha value is -2.30. The Bertz CT molecular complexity index is 1000. The second-order valence-electron chi connectivity index (χ2n) is 7.93. The summed E-state index contributed by atoms with van der Waals surface area (Å²) in [6.07, 6.45) is 3.66. The number of hydrogen-bond donors (Lipinski definition) is 1. The molecule has 4 rings (SSSR count). The van der Waals surface area contributed by atoms with Crippen molar-refractivity contribution in [2.24, 2.45) is 0 Å². The highest BCUT2D eigenvalue weighted by molar-refractivity contribution is 6.30. The average Bonchev–Trinajstić information content (AvgIpc) is 3.06. The van der Waals surface area contributed by atoms with Crippen LogP contribution in [0, 0.1) is 13.8 Å². The largest absolute Gasteiger partial charge is 0.451 e. The van der Waals surface area contributed by atoms with Crippen molar-refractivity contribution in [3.8, 4) is 0 Å². The number of hydrogen-bond acceptors (Lipinski definition) is 3. The van der Waals surface area contributed by atoms with Gasteiger partial charge in [-0.25, -0.2) is 0 Å². The van der Waals surface area contributed by atoms with Crippen LogP contribution in [0.5, 0.6) is 0 Å². The number of likely N-dealkylation sites (tertiary alicyclic amines) is 1. The van der Waals surface area contributed by atoms with Gasteiger partial charge in [-0.05, 0) is 69.1 Å². The van der Waals surface area contributed by atoms with E-state index in [4.69, 9.17) is 16.0 Å². The summed E-state index contributed by atoms with van der Waals surface area (Å²) in [5.74, 6) is 0.242. The number of furan rings is 1. The van der Waals surface area contributed by atoms with Gasteiger partial charge in [0.25, 0.3) is 5.91 Å². The van der Waals surface area contributed by atoms with Gasteiger partial charge in [0, 0.05) is 22.5 Å². The van der Waals surface area contributed by atoms with Gasteiger partial charge in [-0.15, -0.1) is 0 Å². The minimum absolute atomic E-state index is 0.128. The van der Waals surface area contributed by atoms with Crippen LogP contribution in [0.2, 0.25) is 5.02 Å². The highest BCUT2D eigenvalue weighted by atomic mass is 35.5. The number of amides is 1. The Labute approximate surface area is 176 Å². The lowest BCUT2D eigenvalue weighted by atomic mass is 10.0. The summed E-state index contributed by atoms with van der Waals surface area (Å²) < 4.78 is 5.90. The fraction of sp³-hybridized carbons (Fsp3) is 0.375. The number of fused-ring (bicyclic) bond motifs is 1. The summed E-state index contributed by atoms with van der Waals surface area (Å²) >= 11 is 6.08. The van der Waals surface area contributed by atoms with Crippen LogP contribution in [0.4, 0.5) is 0 Å². The molecule has 1 amide bonds. The highest BCUT2D eigenvalue weighted by Gasteiger charge is 2.24. The number of aryl methyl sites for hydroxylation is 2. The Kier molecular flexibility index (Phi) is 5.93. The molecule has 0 saturated carbocycles. The molecule has 1 aromatic heterocycles. The zero-order valence-corrected chi connectivity index (χ0v) is 17.8. The van der Waals surface area contributed by atoms with Crippen molar-refractivity contribution in [1.29, 1.82) is 0 Å². The van der Waals surface area contributed by atoms with Crippen LogP contribution in [0.15, 0.2) is 46.9 Å². The lowest BCUT2D eigenvalue weighted by molar-refractivity contribution is 0.0898. The van der Waals surface area contributed by atoms with Crippen molar-refractivity contribution in [1.82, 2.24) is 10.2 Å². The topological polar surface area (TPSA) is 45.5 Å². The minimum Gasteiger partial charge on any atom is -0.451 e. The fourth-order valence-electron chi connectivity index (χ4n) is 4.19. The van der Waals surface area contributed by atoms with Crippen LogP contribution in [0.25, 0.3) is 11.0 Å². The number of carbonyl (C=O) groups excluding carboxylic acids is 1. The number of nitrogens with zero attached hydrogens (tertiary/aromatic N) is 1. The van der Waals surface area contributed by atoms with Crippen molar-refractivity contribution in [2.75, 3.05) is 19.6 Å². The molecule has 1 aliphatic rings. The van der Waals surface area contributed by atoms with E-state index in [1.54, 1.807) is 0 Å². The fourth-order valence-corrected chi connectivity index (χ4v) is 4.32. The van der Waals surface area contributed by atoms with Crippen molar-refractivity contribution >= 4 is 28.5 Å². The van der Waals surface area contributed by atoms with E-state index in [1.165, 1.54) is 24.8 Å². The first-order chi connectivity index (χ1) is 14.0. The lowest BCUT2D eigenvalue weighted by Crippen LogP contribution is -2.40. The Balaban J connectivity index is 1.54. The van der Waals surface area contributed by atoms with Crippen molar-refractivity contribution < 1.29 is 9.21 Å². The van der Waals surface area contributed by atoms with E-state index in [9.17, 15) is 4.79 Å². The summed E-state index contributed by atoms with van der Waals surface area (Å²) in [5, 5.41) is 4.84. The third kappa shape index (κ3) is 4.34. The zero-order valence-electron chi connectivity index (χ0n) is 17.0. The first-order valence-corrected chi connectivity index (χ1v) is 10.7. The molecular weight excluding hydrogens is 384 g/mol. The SMILES string of the molecule is Cc1ccc2c(C)c(C(=O)NC[C@H](c3ccc(Cl)cc3)N3CCCCC3)oc2c1. The molecule has 0 aliphatic carbocycles. The molecule has 1 N–H and O–H groups in total. The van der Waals surface area contributed by atoms with E-state index >= 15 is 0 Å². The van der Waals surface area contributed by atoms with Gasteiger partial charge in [0.2, 0.25) is 0 Å². The predicted octanol–water partition coefficient (Wildman–Crippen LogP) is 5.66. The first kappa shape index (κ1) is 20.0. The van der Waals surface area contributed by atoms with E-state index in [-0.39, 0.29) is 11.9 Å². The molecule has 0 radical (unpaired) electrons. The third-order valence-electron chi connectivity index (χ3n) is 5.84. The van der Waals surface area contributed by atoms with Crippen LogP contribution in [0.3, 0.4) is 0 Å². The predicted molar refractivity (Wildman–Crippen MR) is 118 cm³/mol. The van der Waals surface area contributed by atoms with Gasteiger partial charge in [0.05, 0.1) is 6.04 Å². The van der Waals surface area contributed by atoms with Crippen molar-refractivity contribution in [3.63, 3.8) is 0 Å². The van der Waals surface area contributed by atoms with E-state index in [0.29, 0.717) is 12.3 Å². The average molecular weight is 411 g/mol. The molecule has 4 nitrogen and oxygen atoms in total. The minimum atomic E-state index is -0.160. The standard InChI is InChI=1S/C24H27ClN2O2/c1-16-6-11-20-17(2)23(29-22(20)14-16)24(28)26-15-21(27-12-4-3-5-13-27)18-7-9-19(25)10-8-18/h6-11,14,21H,3-5,12-13,15H2,1-2H3,(H,26,28)/t21-/m1/s1. The van der Waals surface area contributed by atoms with Crippen LogP contribution < -0.4 is 5.32 Å². The normalized spacial score (nSPS) is 16.1. The maximum atomic E-state index is 12.9. The molecule has 1 saturated heterocycles. The third-order valence-corrected chi connectivity index (χ3v) is 6.09. The number of rotatable bonds is 5. The number of benzene rings is 2. The van der Waals surface area contributed by atoms with Gasteiger partial charge >= 0.3 is 0 Å². The van der Waals surface area contributed by atoms with Gasteiger partial charge in [-0.1, -0.05) is 42.3 Å². The molecule has 29 heavy (non-hydrogen) atoms. The summed E-state index contributed by atoms with van der Waals surface area (Å²) in [6.45, 7) is 6.60. The van der Waals surface area contributed by atoms with Crippen molar-refractivity contribution in [3.05, 3.63) is 69.9 Å². The molecule has 1 fully saturated rings. The molecule has 0 unspecified atom stereocenters. The maximum absolute atomic E-state index is 12.9. The number of halogens is 1. The zero-order chi connectivity index (χ0) is 20.4. The second-order valence-corrected chi connectivity index (χ2v) is 8.37. The summed E-state index contributed by atoms with van der Waals surface area (Å²) in [7, 11) is 0. The Morgan fingerprint density at radius 2 is 1.83 bits per heavy atom. The molecule has 152 valence electrons. The molecule has 0 spiro atoms. The number of carbonyl (C=O) groups is 1. The molecule has 3 aromatic rings. The lowest BCUT2D eigenvalue weighted by Gasteiger charge is -2.35. The van der Waals surface area contributed by atoms with E-state index in [2.05, 4.69) is 22.3 Å². The molecule has 1 atom stereocenters. The van der Waals surface area contributed by atoms with Gasteiger partial charge < -0.3 is 9.73 Å². The van der Waals surface area contributed by atoms with Gasteiger partial charge in [-0.2, -0.15) is 0 Å². The van der Waals surface area contributed by atoms with Gasteiger partial charge in [0.1, 0.15) is 5.58 Å². The molecule has 1 aliphatic heterocycles. The maximum Gasteiger partial charge on any atom is 0.287 e. The van der Waals surface area contributed by atoms with Crippen LogP contribution in [-0.2, 0) is 0 Å². The summed E-state index contributed by atoms with van der Waals surface area (Å²) in [4.78, 5) is 15.4. The van der Waals surface area contributed by atoms with Crippen LogP contribution in [-0.4, -0.2) is 30.4 Å². The number of piperidine rings is 1. The Morgan fingerprint density at radius 1 is 1.10 bits per heavy atom. The van der Waals surface area contributed by atoms with Crippen LogP contribution in [0.1, 0.15) is 52.5 Å². The quantitative estimate of drug-likeness (QED) is 0.590. The van der Waals surface area contributed by atoms with E-state index in [0.717, 1.165) is 40.2 Å². The van der Waals surface area contributed by atoms with Crippen molar-refractivity contribution in [2.45, 2.75) is 39.2 Å². The summed E-state index contributed by atoms with van der Waals surface area (Å²) in [5.41, 5.74) is 3.94. The molecular formula is C24H27ClN2O2. The Morgan fingerprint density at radius 3 is 2.55 bits per heavy atom. The number of nitrogens with one attached hydrogen (secondary N) is 1. The van der Waals surface area contributed by atoms with Gasteiger partial charge in [-0.3, -0.25) is 9.69 Å². The summed E-state index contributed by atoms with van der Waals surface area (Å²) in [6, 6.07) is 14.1. The first-order valence-electron chi connectivity index (χ1n) is 10.3. The molecule has 2 aromatic carbocycles. The van der Waals surface area contributed by atoms with Gasteiger partial charge in [0.15, 0.2) is 5.76 Å². The molecule has 2 heterocycles. The second kappa shape index (κ2) is 8.60.